The summed E-state index contributed by atoms with van der Waals surface area (Å²) < 4.78 is 0. The van der Waals surface area contributed by atoms with Crippen molar-refractivity contribution >= 4 is 12.2 Å². The molecule has 0 aliphatic carbocycles. The first-order valence-corrected chi connectivity index (χ1v) is 4.46. The number of benzene rings is 1. The van der Waals surface area contributed by atoms with Crippen LogP contribution in [-0.4, -0.2) is 28.7 Å². The third kappa shape index (κ3) is 5.79. The van der Waals surface area contributed by atoms with Crippen molar-refractivity contribution in [3.05, 3.63) is 29.8 Å². The first-order chi connectivity index (χ1) is 6.93. The molecule has 0 aliphatic rings. The van der Waals surface area contributed by atoms with Crippen molar-refractivity contribution in [3.8, 4) is 5.75 Å². The van der Waals surface area contributed by atoms with E-state index < -0.39 is 11.5 Å². The van der Waals surface area contributed by atoms with E-state index in [0.717, 1.165) is 0 Å². The molecule has 0 heterocycles. The second-order valence-corrected chi connectivity index (χ2v) is 3.64. The van der Waals surface area contributed by atoms with Crippen LogP contribution in [0.4, 0.5) is 0 Å². The molecule has 1 aromatic carbocycles. The Morgan fingerprint density at radius 1 is 1.28 bits per heavy atom. The Hall–Kier alpha value is -1.40. The number of hydrogen-bond acceptors (Lipinski definition) is 4. The van der Waals surface area contributed by atoms with Crippen LogP contribution in [0.2, 0.25) is 0 Å². The van der Waals surface area contributed by atoms with E-state index in [9.17, 15) is 15.0 Å². The Bertz CT molecular complexity index is 406. The zero-order chi connectivity index (χ0) is 11.5. The summed E-state index contributed by atoms with van der Waals surface area (Å²) in [7, 11) is 0. The summed E-state index contributed by atoms with van der Waals surface area (Å²) in [5, 5.41) is 21.9. The Labute approximate surface area is 115 Å². The van der Waals surface area contributed by atoms with Gasteiger partial charge in [0.2, 0.25) is 0 Å². The minimum absolute atomic E-state index is 0. The van der Waals surface area contributed by atoms with E-state index in [0.29, 0.717) is 5.56 Å². The topological polar surface area (TPSA) is 139 Å². The van der Waals surface area contributed by atoms with Crippen LogP contribution in [0.15, 0.2) is 29.3 Å². The molecule has 0 aromatic heterocycles. The van der Waals surface area contributed by atoms with Gasteiger partial charge < -0.3 is 26.0 Å². The van der Waals surface area contributed by atoms with Crippen LogP contribution in [-0.2, 0) is 21.9 Å². The molecule has 0 saturated heterocycles. The van der Waals surface area contributed by atoms with Crippen molar-refractivity contribution in [1.29, 1.82) is 0 Å². The molecular formula is C11H15CuNO5. The van der Waals surface area contributed by atoms with Crippen LogP contribution in [0, 0.1) is 0 Å². The summed E-state index contributed by atoms with van der Waals surface area (Å²) in [6, 6.07) is 6.28. The summed E-state index contributed by atoms with van der Waals surface area (Å²) >= 11 is 0. The summed E-state index contributed by atoms with van der Waals surface area (Å²) in [4.78, 5) is 14.4. The van der Waals surface area contributed by atoms with Crippen LogP contribution < -0.4 is 10.2 Å². The Morgan fingerprint density at radius 3 is 2.22 bits per heavy atom. The summed E-state index contributed by atoms with van der Waals surface area (Å²) in [6.45, 7) is 2.82. The van der Waals surface area contributed by atoms with E-state index >= 15 is 0 Å². The van der Waals surface area contributed by atoms with E-state index in [4.69, 9.17) is 0 Å². The number of carbonyl (C=O) groups is 1. The molecule has 7 heteroatoms. The molecule has 0 bridgehead atoms. The maximum absolute atomic E-state index is 11.3. The van der Waals surface area contributed by atoms with Gasteiger partial charge in [0.25, 0.3) is 0 Å². The average Bonchev–Trinajstić information content (AvgIpc) is 2.16. The molecule has 0 atom stereocenters. The van der Waals surface area contributed by atoms with Gasteiger partial charge >= 0.3 is 17.1 Å². The fourth-order valence-corrected chi connectivity index (χ4v) is 0.871. The van der Waals surface area contributed by atoms with Gasteiger partial charge in [-0.05, 0) is 19.4 Å². The second-order valence-electron chi connectivity index (χ2n) is 3.64. The molecule has 1 radical (unpaired) electrons. The molecule has 1 rings (SSSR count). The van der Waals surface area contributed by atoms with Crippen LogP contribution in [0.5, 0.6) is 5.75 Å². The first kappa shape index (κ1) is 21.8. The predicted octanol–water partition coefficient (Wildman–Crippen LogP) is -1.94. The van der Waals surface area contributed by atoms with Crippen LogP contribution in [0.25, 0.3) is 0 Å². The number of nitrogens with zero attached hydrogens (tertiary/aromatic N) is 1. The molecule has 1 aromatic rings. The van der Waals surface area contributed by atoms with Gasteiger partial charge in [-0.25, -0.2) is 0 Å². The maximum Gasteiger partial charge on any atom is 2.00 e. The van der Waals surface area contributed by atoms with Gasteiger partial charge in [0, 0.05) is 6.21 Å². The fraction of sp³-hybridized carbons (Fsp3) is 0.273. The second kappa shape index (κ2) is 8.66. The van der Waals surface area contributed by atoms with E-state index in [2.05, 4.69) is 4.99 Å². The molecule has 0 fully saturated rings. The van der Waals surface area contributed by atoms with Crippen molar-refractivity contribution in [2.24, 2.45) is 4.99 Å². The minimum Gasteiger partial charge on any atom is -0.872 e. The van der Waals surface area contributed by atoms with Gasteiger partial charge in [0.1, 0.15) is 0 Å². The van der Waals surface area contributed by atoms with Gasteiger partial charge in [-0.3, -0.25) is 4.99 Å². The fourth-order valence-electron chi connectivity index (χ4n) is 0.871. The van der Waals surface area contributed by atoms with Gasteiger partial charge in [-0.1, -0.05) is 24.3 Å². The van der Waals surface area contributed by atoms with E-state index in [1.165, 1.54) is 26.1 Å². The molecule has 0 saturated carbocycles. The van der Waals surface area contributed by atoms with E-state index in [-0.39, 0.29) is 33.8 Å². The Balaban J connectivity index is -0.000000750. The molecule has 0 unspecified atom stereocenters. The molecule has 18 heavy (non-hydrogen) atoms. The molecule has 4 N–H and O–H groups in total. The maximum atomic E-state index is 11.3. The van der Waals surface area contributed by atoms with Crippen molar-refractivity contribution in [2.75, 3.05) is 0 Å². The zero-order valence-electron chi connectivity index (χ0n) is 9.86. The molecular weight excluding hydrogens is 290 g/mol. The average molecular weight is 305 g/mol. The molecule has 0 amide bonds. The van der Waals surface area contributed by atoms with E-state index in [1.807, 2.05) is 0 Å². The van der Waals surface area contributed by atoms with Gasteiger partial charge in [-0.15, -0.1) is 5.75 Å². The summed E-state index contributed by atoms with van der Waals surface area (Å²) in [5.74, 6) is -1.46. The van der Waals surface area contributed by atoms with Gasteiger partial charge in [0.15, 0.2) is 0 Å². The number of carboxylic acids is 1. The molecule has 6 nitrogen and oxygen atoms in total. The molecule has 0 spiro atoms. The standard InChI is InChI=1S/C11H13NO3.Cu.2H2O/c1-11(2,10(14)15)12-7-8-5-3-4-6-9(8)13;;;/h3-7,13H,1-2H3,(H,14,15);;2*1H2/q;+2;;/p-2. The monoisotopic (exact) mass is 304 g/mol. The quantitative estimate of drug-likeness (QED) is 0.474. The number of para-hydroxylation sites is 1. The van der Waals surface area contributed by atoms with Crippen LogP contribution in [0.1, 0.15) is 19.4 Å². The third-order valence-electron chi connectivity index (χ3n) is 1.94. The van der Waals surface area contributed by atoms with Crippen molar-refractivity contribution in [1.82, 2.24) is 0 Å². The zero-order valence-corrected chi connectivity index (χ0v) is 10.8. The smallest absolute Gasteiger partial charge is 0.872 e. The number of rotatable bonds is 3. The van der Waals surface area contributed by atoms with Gasteiger partial charge in [0.05, 0.1) is 11.5 Å². The normalized spacial score (nSPS) is 9.89. The van der Waals surface area contributed by atoms with Crippen LogP contribution >= 0.6 is 0 Å². The predicted molar refractivity (Wildman–Crippen MR) is 59.8 cm³/mol. The van der Waals surface area contributed by atoms with Crippen molar-refractivity contribution in [3.63, 3.8) is 0 Å². The van der Waals surface area contributed by atoms with E-state index in [1.54, 1.807) is 18.2 Å². The Kier molecular flexibility index (Phi) is 10.5. The van der Waals surface area contributed by atoms with Crippen LogP contribution in [0.3, 0.4) is 0 Å². The first-order valence-electron chi connectivity index (χ1n) is 4.46. The Morgan fingerprint density at radius 2 is 1.78 bits per heavy atom. The molecule has 105 valence electrons. The minimum atomic E-state index is -1.32. The largest absolute Gasteiger partial charge is 2.00 e. The van der Waals surface area contributed by atoms with Crippen molar-refractivity contribution in [2.45, 2.75) is 19.4 Å². The van der Waals surface area contributed by atoms with Crippen molar-refractivity contribution < 1.29 is 43.0 Å². The van der Waals surface area contributed by atoms with Gasteiger partial charge in [-0.2, -0.15) is 0 Å². The number of hydrogen-bond donors (Lipinski definition) is 0. The molecule has 0 aliphatic heterocycles. The number of aliphatic imine (C=N–C) groups is 1. The SMILES string of the molecule is CC(C)(N=Cc1ccccc1[O-])C(=O)[O-].O.O.[Cu+2]. The number of carboxylic acid groups (broad SMARTS) is 1. The number of aliphatic carboxylic acids is 1. The summed E-state index contributed by atoms with van der Waals surface area (Å²) in [6.07, 6.45) is 1.26. The summed E-state index contributed by atoms with van der Waals surface area (Å²) in [5.41, 5.74) is -0.950. The third-order valence-corrected chi connectivity index (χ3v) is 1.94. The number of carbonyl (C=O) groups excluding carboxylic acids is 1.